The molecule has 5 atom stereocenters. The summed E-state index contributed by atoms with van der Waals surface area (Å²) in [6.07, 6.45) is 5.01. The van der Waals surface area contributed by atoms with Crippen LogP contribution in [-0.2, 0) is 53.7 Å². The number of hydrogen-bond acceptors (Lipinski definition) is 21. The number of benzene rings is 3. The van der Waals surface area contributed by atoms with Crippen LogP contribution in [0.3, 0.4) is 0 Å². The number of anilines is 3. The summed E-state index contributed by atoms with van der Waals surface area (Å²) in [6.45, 7) is 11.1. The number of fused-ring (bicyclic) bond motifs is 1. The van der Waals surface area contributed by atoms with Crippen molar-refractivity contribution >= 4 is 82.3 Å². The molecule has 4 aliphatic rings. The number of aliphatic hydroxyl groups is 3. The van der Waals surface area contributed by atoms with E-state index < -0.39 is 83.8 Å². The Kier molecular flexibility index (Phi) is 28.8. The second-order valence-corrected chi connectivity index (χ2v) is 26.2. The fourth-order valence-electron chi connectivity index (χ4n) is 12.4. The van der Waals surface area contributed by atoms with Gasteiger partial charge in [-0.05, 0) is 106 Å². The van der Waals surface area contributed by atoms with E-state index in [9.17, 15) is 68.1 Å². The first-order chi connectivity index (χ1) is 50.7. The molecule has 570 valence electrons. The van der Waals surface area contributed by atoms with Crippen molar-refractivity contribution in [1.29, 1.82) is 0 Å². The highest BCUT2D eigenvalue weighted by molar-refractivity contribution is 6.23. The molecule has 1 aliphatic carbocycles. The van der Waals surface area contributed by atoms with Gasteiger partial charge in [0.25, 0.3) is 11.8 Å². The van der Waals surface area contributed by atoms with Crippen molar-refractivity contribution in [3.63, 3.8) is 0 Å². The van der Waals surface area contributed by atoms with Crippen molar-refractivity contribution in [3.8, 4) is 23.0 Å². The molecule has 10 amide bonds. The van der Waals surface area contributed by atoms with Gasteiger partial charge in [0.2, 0.25) is 35.2 Å². The lowest BCUT2D eigenvalue weighted by atomic mass is 10.0. The second kappa shape index (κ2) is 38.0. The number of unbranched alkanes of at least 4 members (excludes halogenated alkanes) is 4. The minimum absolute atomic E-state index is 0.00632. The van der Waals surface area contributed by atoms with Crippen molar-refractivity contribution in [1.82, 2.24) is 35.2 Å². The monoisotopic (exact) mass is 1470 g/mol. The molecule has 11 N–H and O–H groups in total. The number of allylic oxidation sites excluding steroid dienone is 2. The van der Waals surface area contributed by atoms with E-state index in [0.29, 0.717) is 80.4 Å². The summed E-state index contributed by atoms with van der Waals surface area (Å²) < 4.78 is 41.5. The van der Waals surface area contributed by atoms with E-state index in [0.717, 1.165) is 11.6 Å². The molecule has 106 heavy (non-hydrogen) atoms. The van der Waals surface area contributed by atoms with Gasteiger partial charge in [-0.1, -0.05) is 56.7 Å². The van der Waals surface area contributed by atoms with Gasteiger partial charge in [-0.25, -0.2) is 14.4 Å². The number of aromatic nitrogens is 1. The molecule has 3 aromatic carbocycles. The number of nitrogens with one attached hydrogen (secondary N) is 6. The van der Waals surface area contributed by atoms with E-state index in [-0.39, 0.29) is 159 Å². The lowest BCUT2D eigenvalue weighted by Gasteiger charge is -2.25. The smallest absolute Gasteiger partial charge is 0.412 e. The molecule has 1 unspecified atom stereocenters. The van der Waals surface area contributed by atoms with Gasteiger partial charge in [0.05, 0.1) is 93.6 Å². The van der Waals surface area contributed by atoms with Crippen molar-refractivity contribution < 1.29 is 101 Å². The minimum Gasteiger partial charge on any atom is -0.493 e. The number of amides is 10. The summed E-state index contributed by atoms with van der Waals surface area (Å²) in [7, 11) is 5.59. The zero-order valence-corrected chi connectivity index (χ0v) is 60.2. The van der Waals surface area contributed by atoms with E-state index in [1.165, 1.54) is 83.1 Å². The van der Waals surface area contributed by atoms with Gasteiger partial charge in [-0.15, -0.1) is 0 Å². The van der Waals surface area contributed by atoms with E-state index in [1.54, 1.807) is 45.2 Å². The molecule has 32 nitrogen and oxygen atoms in total. The number of nitrogens with two attached hydrogens (primary N) is 1. The Hall–Kier alpha value is -11.2. The summed E-state index contributed by atoms with van der Waals surface area (Å²) in [5, 5.41) is 46.4. The van der Waals surface area contributed by atoms with Crippen molar-refractivity contribution in [2.24, 2.45) is 18.7 Å². The SMILES string of the molecule is C=C1C[C@@H](CO)N(C(=O)c2cc(OC)c(OCCCCCOc3cc(NC(=O)OCc4cc5c(n4C)C(=O)C=C(OC)C5=O)c(C(=O)N4CC(=C)C[C@H]4CO)cc3OC)cc2NC(=O)OCc2ccc(NC(=O)[C@H](CCCNC(N)=O)NC(=O)[C@@H](NC(=O)CCCCCN3C(=O)C=CC3O)C(C)C)cc2)C1. The molecule has 0 spiro atoms. The van der Waals surface area contributed by atoms with Crippen LogP contribution in [0.15, 0.2) is 103 Å². The van der Waals surface area contributed by atoms with Gasteiger partial charge in [-0.2, -0.15) is 0 Å². The van der Waals surface area contributed by atoms with Gasteiger partial charge >= 0.3 is 18.2 Å². The number of rotatable bonds is 37. The number of carbonyl (C=O) groups excluding carboxylic acids is 11. The van der Waals surface area contributed by atoms with Gasteiger partial charge in [0.1, 0.15) is 37.2 Å². The highest BCUT2D eigenvalue weighted by Crippen LogP contribution is 2.39. The van der Waals surface area contributed by atoms with Crippen LogP contribution in [0.2, 0.25) is 0 Å². The van der Waals surface area contributed by atoms with E-state index in [2.05, 4.69) is 45.1 Å². The molecule has 3 aliphatic heterocycles. The maximum absolute atomic E-state index is 14.3. The summed E-state index contributed by atoms with van der Waals surface area (Å²) in [4.78, 5) is 150. The lowest BCUT2D eigenvalue weighted by Crippen LogP contribution is -2.54. The quantitative estimate of drug-likeness (QED) is 0.0186. The Labute approximate surface area is 612 Å². The Morgan fingerprint density at radius 2 is 1.24 bits per heavy atom. The molecule has 4 heterocycles. The van der Waals surface area contributed by atoms with Crippen LogP contribution in [-0.4, -0.2) is 204 Å². The molecule has 0 bridgehead atoms. The predicted octanol–water partition coefficient (Wildman–Crippen LogP) is 5.89. The third-order valence-corrected chi connectivity index (χ3v) is 18.1. The number of nitrogens with zero attached hydrogens (tertiary/aromatic N) is 4. The Balaban J connectivity index is 0.875. The van der Waals surface area contributed by atoms with E-state index in [1.807, 2.05) is 0 Å². The summed E-state index contributed by atoms with van der Waals surface area (Å²) >= 11 is 0. The lowest BCUT2D eigenvalue weighted by molar-refractivity contribution is -0.132. The van der Waals surface area contributed by atoms with Crippen molar-refractivity contribution in [2.75, 3.05) is 89.9 Å². The number of likely N-dealkylation sites (tertiary alicyclic amines) is 2. The van der Waals surface area contributed by atoms with Gasteiger partial charge in [0.15, 0.2) is 28.8 Å². The first-order valence-electron chi connectivity index (χ1n) is 34.7. The van der Waals surface area contributed by atoms with Crippen LogP contribution in [0.25, 0.3) is 0 Å². The highest BCUT2D eigenvalue weighted by atomic mass is 16.6. The molecule has 2 fully saturated rings. The second-order valence-electron chi connectivity index (χ2n) is 26.2. The van der Waals surface area contributed by atoms with E-state index >= 15 is 0 Å². The normalized spacial score (nSPS) is 16.6. The molecular formula is C74H93N11O21. The number of methoxy groups -OCH3 is 3. The molecule has 8 rings (SSSR count). The van der Waals surface area contributed by atoms with Crippen LogP contribution >= 0.6 is 0 Å². The third-order valence-electron chi connectivity index (χ3n) is 18.1. The predicted molar refractivity (Wildman–Crippen MR) is 385 cm³/mol. The largest absolute Gasteiger partial charge is 0.493 e. The number of primary amides is 1. The number of ether oxygens (including phenoxy) is 7. The Bertz CT molecular complexity index is 4030. The van der Waals surface area contributed by atoms with Crippen LogP contribution in [0.1, 0.15) is 137 Å². The van der Waals surface area contributed by atoms with Crippen molar-refractivity contribution in [3.05, 3.63) is 137 Å². The van der Waals surface area contributed by atoms with E-state index in [4.69, 9.17) is 38.9 Å². The van der Waals surface area contributed by atoms with Crippen LogP contribution in [0.4, 0.5) is 31.4 Å². The van der Waals surface area contributed by atoms with Gasteiger partial charge in [0, 0.05) is 69.6 Å². The zero-order chi connectivity index (χ0) is 76.9. The van der Waals surface area contributed by atoms with Crippen molar-refractivity contribution in [2.45, 2.75) is 128 Å². The minimum atomic E-state index is -1.13. The van der Waals surface area contributed by atoms with Crippen LogP contribution < -0.4 is 56.6 Å². The standard InChI is InChI=1S/C74H93N11O21/c1-42(2)65(81-62(89)17-11-9-12-25-83-63(90)22-23-64(83)91)69(94)78-53(16-15-24-76-72(75)97)68(93)77-46-20-18-45(19-21-46)40-105-73(98)79-54-33-59(57(100-6)31-50(54)70(95)84-36-43(3)28-47(84)38-86)103-26-13-10-14-27-104-60-34-55(51(32-58(60)101-7)71(96)85-37-44(4)29-48(85)39-87)80-74(99)106-41-49-30-52-66(82(49)5)56(88)35-61(102-8)67(52)92/h18-23,30-35,42,47-48,53,63,65,86-87,90H,3-4,9-17,24-29,36-41H2,1-2,5-8H3,(H,77,93)(H,78,94)(H,79,98)(H,80,99)(H,81,89)(H3,75,76,97)/t47-,48-,53-,63?,65-/m0/s1. The molecular weight excluding hydrogens is 1380 g/mol. The average Bonchev–Trinajstić information content (AvgIpc) is 1.60. The summed E-state index contributed by atoms with van der Waals surface area (Å²) in [6, 6.07) is 9.28. The number of carbonyl (C=O) groups is 11. The zero-order valence-electron chi connectivity index (χ0n) is 60.2. The molecule has 1 aromatic heterocycles. The first-order valence-corrected chi connectivity index (χ1v) is 34.7. The summed E-state index contributed by atoms with van der Waals surface area (Å²) in [5.74, 6) is -3.87. The number of ketones is 2. The molecule has 2 saturated heterocycles. The fraction of sp³-hybridized carbons (Fsp3) is 0.446. The van der Waals surface area contributed by atoms with Crippen LogP contribution in [0, 0.1) is 5.92 Å². The molecule has 32 heteroatoms. The maximum atomic E-state index is 14.3. The first kappa shape index (κ1) is 80.4. The molecule has 4 aromatic rings. The number of hydrogen-bond donors (Lipinski definition) is 10. The summed E-state index contributed by atoms with van der Waals surface area (Å²) in [5.41, 5.74) is 7.94. The fourth-order valence-corrected chi connectivity index (χ4v) is 12.4. The topological polar surface area (TPSA) is 426 Å². The number of Topliss-reactive ketones (excluding diaryl/α,β-unsaturated/α-hetero) is 1. The average molecular weight is 1470 g/mol. The third kappa shape index (κ3) is 21.0. The maximum Gasteiger partial charge on any atom is 0.412 e. The van der Waals surface area contributed by atoms with Gasteiger partial charge in [-0.3, -0.25) is 49.0 Å². The number of aliphatic hydroxyl groups excluding tert-OH is 3. The Morgan fingerprint density at radius 1 is 0.670 bits per heavy atom. The molecule has 0 saturated carbocycles. The Morgan fingerprint density at radius 3 is 1.75 bits per heavy atom. The molecule has 0 radical (unpaired) electrons. The van der Waals surface area contributed by atoms with Crippen LogP contribution in [0.5, 0.6) is 23.0 Å². The van der Waals surface area contributed by atoms with Gasteiger partial charge < -0.3 is 94.7 Å². The number of urea groups is 1. The highest BCUT2D eigenvalue weighted by Gasteiger charge is 2.37.